The molecule has 3 unspecified atom stereocenters. The number of aliphatic hydroxyl groups excluding tert-OH is 1. The molecule has 0 aromatic carbocycles. The maximum absolute atomic E-state index is 9.43. The number of hydrogen-bond donors (Lipinski definition) is 2. The lowest BCUT2D eigenvalue weighted by Crippen LogP contribution is -2.48. The highest BCUT2D eigenvalue weighted by molar-refractivity contribution is 4.89. The Morgan fingerprint density at radius 1 is 1.14 bits per heavy atom. The van der Waals surface area contributed by atoms with Crippen LogP contribution in [0, 0.1) is 17.8 Å². The van der Waals surface area contributed by atoms with Gasteiger partial charge >= 0.3 is 0 Å². The Bertz CT molecular complexity index is 289. The van der Waals surface area contributed by atoms with Gasteiger partial charge in [0.05, 0.1) is 6.61 Å². The summed E-state index contributed by atoms with van der Waals surface area (Å²) in [5, 5.41) is 13.0. The molecule has 2 rings (SSSR count). The van der Waals surface area contributed by atoms with Gasteiger partial charge in [-0.05, 0) is 56.9 Å². The minimum absolute atomic E-state index is 0.307. The SMILES string of the molecule is CNC1CCC(C(C)C)CC1CN(CCO)C1CCCC1. The van der Waals surface area contributed by atoms with Crippen LogP contribution in [0.1, 0.15) is 58.8 Å². The Balaban J connectivity index is 1.97. The largest absolute Gasteiger partial charge is 0.395 e. The van der Waals surface area contributed by atoms with Crippen molar-refractivity contribution in [1.82, 2.24) is 10.2 Å². The first-order valence-corrected chi connectivity index (χ1v) is 9.17. The Morgan fingerprint density at radius 3 is 2.43 bits per heavy atom. The zero-order chi connectivity index (χ0) is 15.2. The molecule has 0 radical (unpaired) electrons. The predicted octanol–water partition coefficient (Wildman–Crippen LogP) is 2.88. The quantitative estimate of drug-likeness (QED) is 0.758. The van der Waals surface area contributed by atoms with Crippen LogP contribution >= 0.6 is 0 Å². The number of hydrogen-bond acceptors (Lipinski definition) is 3. The summed E-state index contributed by atoms with van der Waals surface area (Å²) in [6.45, 7) is 7.11. The van der Waals surface area contributed by atoms with E-state index in [4.69, 9.17) is 0 Å². The Morgan fingerprint density at radius 2 is 1.86 bits per heavy atom. The molecular formula is C18H36N2O. The molecule has 3 heteroatoms. The maximum Gasteiger partial charge on any atom is 0.0558 e. The molecule has 2 aliphatic rings. The topological polar surface area (TPSA) is 35.5 Å². The first-order valence-electron chi connectivity index (χ1n) is 9.17. The van der Waals surface area contributed by atoms with Gasteiger partial charge in [-0.15, -0.1) is 0 Å². The second kappa shape index (κ2) is 8.50. The van der Waals surface area contributed by atoms with Crippen molar-refractivity contribution in [3.8, 4) is 0 Å². The van der Waals surface area contributed by atoms with Gasteiger partial charge < -0.3 is 10.4 Å². The average molecular weight is 296 g/mol. The maximum atomic E-state index is 9.43. The van der Waals surface area contributed by atoms with Crippen LogP contribution in [0.2, 0.25) is 0 Å². The van der Waals surface area contributed by atoms with Gasteiger partial charge in [-0.1, -0.05) is 26.7 Å². The molecular weight excluding hydrogens is 260 g/mol. The van der Waals surface area contributed by atoms with E-state index in [1.165, 1.54) is 51.5 Å². The molecule has 0 spiro atoms. The van der Waals surface area contributed by atoms with Crippen LogP contribution in [0.3, 0.4) is 0 Å². The van der Waals surface area contributed by atoms with Gasteiger partial charge in [0, 0.05) is 25.2 Å². The fourth-order valence-electron chi connectivity index (χ4n) is 4.61. The molecule has 3 nitrogen and oxygen atoms in total. The third-order valence-corrected chi connectivity index (χ3v) is 6.03. The van der Waals surface area contributed by atoms with E-state index in [9.17, 15) is 5.11 Å². The minimum Gasteiger partial charge on any atom is -0.395 e. The number of nitrogens with zero attached hydrogens (tertiary/aromatic N) is 1. The summed E-state index contributed by atoms with van der Waals surface area (Å²) in [5.41, 5.74) is 0. The van der Waals surface area contributed by atoms with Crippen molar-refractivity contribution in [3.05, 3.63) is 0 Å². The Kier molecular flexibility index (Phi) is 6.97. The standard InChI is InChI=1S/C18H36N2O/c1-14(2)15-8-9-18(19-3)16(12-15)13-20(10-11-21)17-6-4-5-7-17/h14-19,21H,4-13H2,1-3H3. The van der Waals surface area contributed by atoms with E-state index in [1.54, 1.807) is 0 Å². The van der Waals surface area contributed by atoms with Crippen molar-refractivity contribution in [2.45, 2.75) is 70.9 Å². The highest BCUT2D eigenvalue weighted by atomic mass is 16.3. The van der Waals surface area contributed by atoms with Crippen LogP contribution in [0.15, 0.2) is 0 Å². The van der Waals surface area contributed by atoms with Gasteiger partial charge in [0.25, 0.3) is 0 Å². The van der Waals surface area contributed by atoms with Crippen LogP contribution in [-0.2, 0) is 0 Å². The zero-order valence-corrected chi connectivity index (χ0v) is 14.4. The molecule has 21 heavy (non-hydrogen) atoms. The van der Waals surface area contributed by atoms with Crippen molar-refractivity contribution in [3.63, 3.8) is 0 Å². The van der Waals surface area contributed by atoms with Gasteiger partial charge in [0.15, 0.2) is 0 Å². The van der Waals surface area contributed by atoms with Gasteiger partial charge in [-0.3, -0.25) is 4.90 Å². The van der Waals surface area contributed by atoms with Crippen LogP contribution in [0.5, 0.6) is 0 Å². The van der Waals surface area contributed by atoms with Gasteiger partial charge in [0.2, 0.25) is 0 Å². The van der Waals surface area contributed by atoms with Crippen LogP contribution < -0.4 is 5.32 Å². The van der Waals surface area contributed by atoms with Gasteiger partial charge in [-0.2, -0.15) is 0 Å². The molecule has 2 fully saturated rings. The molecule has 2 N–H and O–H groups in total. The monoisotopic (exact) mass is 296 g/mol. The molecule has 0 heterocycles. The summed E-state index contributed by atoms with van der Waals surface area (Å²) in [6, 6.07) is 1.40. The Labute approximate surface area is 131 Å². The highest BCUT2D eigenvalue weighted by Crippen LogP contribution is 2.35. The third kappa shape index (κ3) is 4.67. The first kappa shape index (κ1) is 17.2. The molecule has 124 valence electrons. The second-order valence-electron chi connectivity index (χ2n) is 7.63. The van der Waals surface area contributed by atoms with E-state index in [0.717, 1.165) is 30.3 Å². The number of rotatable bonds is 7. The summed E-state index contributed by atoms with van der Waals surface area (Å²) in [4.78, 5) is 2.60. The van der Waals surface area contributed by atoms with Crippen molar-refractivity contribution in [2.24, 2.45) is 17.8 Å². The number of nitrogens with one attached hydrogen (secondary N) is 1. The minimum atomic E-state index is 0.307. The summed E-state index contributed by atoms with van der Waals surface area (Å²) in [5.74, 6) is 2.45. The average Bonchev–Trinajstić information content (AvgIpc) is 3.00. The van der Waals surface area contributed by atoms with Gasteiger partial charge in [0.1, 0.15) is 0 Å². The Hall–Kier alpha value is -0.120. The van der Waals surface area contributed by atoms with E-state index < -0.39 is 0 Å². The molecule has 0 amide bonds. The number of aliphatic hydroxyl groups is 1. The molecule has 0 aromatic heterocycles. The lowest BCUT2D eigenvalue weighted by Gasteiger charge is -2.41. The van der Waals surface area contributed by atoms with E-state index in [2.05, 4.69) is 31.1 Å². The van der Waals surface area contributed by atoms with E-state index >= 15 is 0 Å². The van der Waals surface area contributed by atoms with Gasteiger partial charge in [-0.25, -0.2) is 0 Å². The lowest BCUT2D eigenvalue weighted by molar-refractivity contribution is 0.0862. The first-order chi connectivity index (χ1) is 10.2. The second-order valence-corrected chi connectivity index (χ2v) is 7.63. The summed E-state index contributed by atoms with van der Waals surface area (Å²) >= 11 is 0. The molecule has 3 atom stereocenters. The lowest BCUT2D eigenvalue weighted by atomic mass is 9.73. The van der Waals surface area contributed by atoms with Crippen LogP contribution in [0.4, 0.5) is 0 Å². The van der Waals surface area contributed by atoms with Crippen molar-refractivity contribution in [2.75, 3.05) is 26.7 Å². The summed E-state index contributed by atoms with van der Waals surface area (Å²) in [6.07, 6.45) is 9.49. The van der Waals surface area contributed by atoms with Crippen molar-refractivity contribution >= 4 is 0 Å². The normalized spacial score (nSPS) is 31.4. The van der Waals surface area contributed by atoms with E-state index in [0.29, 0.717) is 12.6 Å². The third-order valence-electron chi connectivity index (χ3n) is 6.03. The molecule has 0 bridgehead atoms. The van der Waals surface area contributed by atoms with Crippen molar-refractivity contribution < 1.29 is 5.11 Å². The fraction of sp³-hybridized carbons (Fsp3) is 1.00. The zero-order valence-electron chi connectivity index (χ0n) is 14.4. The summed E-state index contributed by atoms with van der Waals surface area (Å²) < 4.78 is 0. The predicted molar refractivity (Wildman–Crippen MR) is 89.4 cm³/mol. The molecule has 0 saturated heterocycles. The molecule has 2 saturated carbocycles. The van der Waals surface area contributed by atoms with Crippen LogP contribution in [0.25, 0.3) is 0 Å². The highest BCUT2D eigenvalue weighted by Gasteiger charge is 2.33. The van der Waals surface area contributed by atoms with Crippen LogP contribution in [-0.4, -0.2) is 48.8 Å². The summed E-state index contributed by atoms with van der Waals surface area (Å²) in [7, 11) is 2.12. The molecule has 2 aliphatic carbocycles. The molecule has 0 aromatic rings. The van der Waals surface area contributed by atoms with E-state index in [1.807, 2.05) is 0 Å². The smallest absolute Gasteiger partial charge is 0.0558 e. The fourth-order valence-corrected chi connectivity index (χ4v) is 4.61. The molecule has 0 aliphatic heterocycles. The van der Waals surface area contributed by atoms with E-state index in [-0.39, 0.29) is 0 Å². The van der Waals surface area contributed by atoms with Crippen molar-refractivity contribution in [1.29, 1.82) is 0 Å².